The number of hydrogen-bond acceptors (Lipinski definition) is 7. The first-order chi connectivity index (χ1) is 15.5. The van der Waals surface area contributed by atoms with Crippen molar-refractivity contribution in [1.82, 2.24) is 4.68 Å². The third-order valence-corrected chi connectivity index (χ3v) is 6.52. The van der Waals surface area contributed by atoms with E-state index in [0.29, 0.717) is 24.1 Å². The van der Waals surface area contributed by atoms with Gasteiger partial charge in [0.2, 0.25) is 0 Å². The summed E-state index contributed by atoms with van der Waals surface area (Å²) in [7, 11) is -4.05. The minimum atomic E-state index is -4.05. The van der Waals surface area contributed by atoms with Gasteiger partial charge in [0.1, 0.15) is 22.8 Å². The van der Waals surface area contributed by atoms with Crippen molar-refractivity contribution < 1.29 is 18.3 Å². The van der Waals surface area contributed by atoms with Gasteiger partial charge >= 0.3 is 0 Å². The maximum absolute atomic E-state index is 13.5. The van der Waals surface area contributed by atoms with Gasteiger partial charge in [-0.25, -0.2) is 4.68 Å². The number of pyridine rings is 1. The molecule has 2 aliphatic rings. The van der Waals surface area contributed by atoms with E-state index in [1.165, 1.54) is 10.7 Å². The average molecular weight is 450 g/mol. The van der Waals surface area contributed by atoms with Crippen LogP contribution in [0, 0.1) is 0 Å². The van der Waals surface area contributed by atoms with Gasteiger partial charge < -0.3 is 20.6 Å². The van der Waals surface area contributed by atoms with Crippen LogP contribution in [-0.2, 0) is 14.8 Å². The van der Waals surface area contributed by atoms with Crippen molar-refractivity contribution in [3.63, 3.8) is 0 Å². The SMILES string of the molecule is O=c1c(C2=NS(=O)(=O)c3ccccc3N2)c(O)c2ccccc2n1NCC1=CCOC=C1. The average Bonchev–Trinajstić information content (AvgIpc) is 2.79. The molecule has 0 fully saturated rings. The predicted octanol–water partition coefficient (Wildman–Crippen LogP) is 2.28. The molecule has 162 valence electrons. The Morgan fingerprint density at radius 1 is 1.16 bits per heavy atom. The fraction of sp³-hybridized carbons (Fsp3) is 0.0909. The van der Waals surface area contributed by atoms with Gasteiger partial charge in [-0.2, -0.15) is 8.42 Å². The quantitative estimate of drug-likeness (QED) is 0.557. The first-order valence-corrected chi connectivity index (χ1v) is 11.2. The lowest BCUT2D eigenvalue weighted by molar-refractivity contribution is 0.284. The Morgan fingerprint density at radius 3 is 2.75 bits per heavy atom. The largest absolute Gasteiger partial charge is 0.506 e. The van der Waals surface area contributed by atoms with E-state index in [2.05, 4.69) is 15.1 Å². The minimum Gasteiger partial charge on any atom is -0.506 e. The number of nitrogens with one attached hydrogen (secondary N) is 2. The summed E-state index contributed by atoms with van der Waals surface area (Å²) in [4.78, 5) is 13.5. The number of fused-ring (bicyclic) bond motifs is 2. The molecule has 9 nitrogen and oxygen atoms in total. The fourth-order valence-electron chi connectivity index (χ4n) is 3.63. The third kappa shape index (κ3) is 3.30. The molecule has 0 saturated carbocycles. The van der Waals surface area contributed by atoms with Gasteiger partial charge in [0, 0.05) is 5.39 Å². The fourth-order valence-corrected chi connectivity index (χ4v) is 4.76. The molecular weight excluding hydrogens is 432 g/mol. The number of benzene rings is 2. The molecule has 3 aromatic rings. The van der Waals surface area contributed by atoms with Crippen LogP contribution < -0.4 is 16.3 Å². The topological polar surface area (TPSA) is 122 Å². The van der Waals surface area contributed by atoms with E-state index < -0.39 is 15.6 Å². The van der Waals surface area contributed by atoms with Gasteiger partial charge in [-0.1, -0.05) is 24.3 Å². The van der Waals surface area contributed by atoms with Gasteiger partial charge in [0.25, 0.3) is 15.6 Å². The Kier molecular flexibility index (Phi) is 4.71. The molecule has 2 aromatic carbocycles. The van der Waals surface area contributed by atoms with Crippen LogP contribution in [0.25, 0.3) is 10.9 Å². The highest BCUT2D eigenvalue weighted by Gasteiger charge is 2.29. The number of rotatable bonds is 4. The number of sulfonamides is 1. The molecular formula is C22H18N4O5S. The number of aromatic hydroxyl groups is 1. The van der Waals surface area contributed by atoms with Crippen LogP contribution in [0.4, 0.5) is 5.69 Å². The lowest BCUT2D eigenvalue weighted by Crippen LogP contribution is -2.37. The summed E-state index contributed by atoms with van der Waals surface area (Å²) in [5, 5.41) is 14.2. The zero-order valence-electron chi connectivity index (χ0n) is 16.6. The zero-order valence-corrected chi connectivity index (χ0v) is 17.5. The maximum atomic E-state index is 13.5. The lowest BCUT2D eigenvalue weighted by atomic mass is 10.1. The van der Waals surface area contributed by atoms with Gasteiger partial charge in [0.15, 0.2) is 5.84 Å². The number of anilines is 1. The van der Waals surface area contributed by atoms with E-state index in [-0.39, 0.29) is 27.7 Å². The first kappa shape index (κ1) is 19.9. The van der Waals surface area contributed by atoms with Crippen LogP contribution in [0.2, 0.25) is 0 Å². The van der Waals surface area contributed by atoms with E-state index in [4.69, 9.17) is 4.74 Å². The molecule has 0 unspecified atom stereocenters. The highest BCUT2D eigenvalue weighted by Crippen LogP contribution is 2.31. The number of ether oxygens (including phenoxy) is 1. The second-order valence-corrected chi connectivity index (χ2v) is 8.74. The molecule has 3 heterocycles. The molecule has 0 radical (unpaired) electrons. The maximum Gasteiger partial charge on any atom is 0.286 e. The molecule has 0 saturated heterocycles. The second-order valence-electron chi connectivity index (χ2n) is 7.17. The molecule has 3 N–H and O–H groups in total. The van der Waals surface area contributed by atoms with Crippen molar-refractivity contribution in [3.05, 3.63) is 88.4 Å². The molecule has 2 aliphatic heterocycles. The normalized spacial score (nSPS) is 16.4. The Bertz CT molecular complexity index is 1500. The van der Waals surface area contributed by atoms with Crippen molar-refractivity contribution in [1.29, 1.82) is 0 Å². The summed E-state index contributed by atoms with van der Waals surface area (Å²) in [6.45, 7) is 0.747. The van der Waals surface area contributed by atoms with Crippen LogP contribution in [0.5, 0.6) is 5.75 Å². The minimum absolute atomic E-state index is 0.000668. The van der Waals surface area contributed by atoms with Gasteiger partial charge in [-0.05, 0) is 42.0 Å². The highest BCUT2D eigenvalue weighted by molar-refractivity contribution is 7.90. The predicted molar refractivity (Wildman–Crippen MR) is 121 cm³/mol. The summed E-state index contributed by atoms with van der Waals surface area (Å²) in [6.07, 6.45) is 5.22. The molecule has 32 heavy (non-hydrogen) atoms. The molecule has 0 spiro atoms. The van der Waals surface area contributed by atoms with Crippen molar-refractivity contribution in [2.24, 2.45) is 4.40 Å². The van der Waals surface area contributed by atoms with Crippen LogP contribution in [0.1, 0.15) is 5.56 Å². The Balaban J connectivity index is 1.68. The van der Waals surface area contributed by atoms with E-state index in [1.54, 1.807) is 54.8 Å². The Hall–Kier alpha value is -4.05. The lowest BCUT2D eigenvalue weighted by Gasteiger charge is -2.21. The summed E-state index contributed by atoms with van der Waals surface area (Å²) >= 11 is 0. The molecule has 10 heteroatoms. The van der Waals surface area contributed by atoms with E-state index >= 15 is 0 Å². The van der Waals surface area contributed by atoms with Crippen molar-refractivity contribution >= 4 is 32.4 Å². The standard InChI is InChI=1S/C22H18N4O5S/c27-20-15-5-1-3-7-17(15)26(23-13-14-9-11-31-12-10-14)22(28)19(20)21-24-16-6-2-4-8-18(16)32(29,30)25-21/h1-11,23,27H,12-13H2,(H,24,25). The first-order valence-electron chi connectivity index (χ1n) is 9.75. The summed E-state index contributed by atoms with van der Waals surface area (Å²) in [5.41, 5.74) is 3.80. The summed E-state index contributed by atoms with van der Waals surface area (Å²) in [5.74, 6) is -0.590. The number of para-hydroxylation sites is 2. The molecule has 0 atom stereocenters. The van der Waals surface area contributed by atoms with E-state index in [0.717, 1.165) is 5.57 Å². The molecule has 0 aliphatic carbocycles. The third-order valence-electron chi connectivity index (χ3n) is 5.18. The van der Waals surface area contributed by atoms with Crippen molar-refractivity contribution in [2.45, 2.75) is 4.90 Å². The van der Waals surface area contributed by atoms with Crippen molar-refractivity contribution in [3.8, 4) is 5.75 Å². The second kappa shape index (κ2) is 7.57. The monoisotopic (exact) mass is 450 g/mol. The van der Waals surface area contributed by atoms with Crippen LogP contribution in [-0.4, -0.2) is 37.2 Å². The van der Waals surface area contributed by atoms with Crippen LogP contribution >= 0.6 is 0 Å². The number of hydrogen-bond donors (Lipinski definition) is 3. The van der Waals surface area contributed by atoms with E-state index in [9.17, 15) is 18.3 Å². The number of aromatic nitrogens is 1. The molecule has 5 rings (SSSR count). The van der Waals surface area contributed by atoms with Gasteiger partial charge in [-0.3, -0.25) is 4.79 Å². The van der Waals surface area contributed by atoms with Crippen molar-refractivity contribution in [2.75, 3.05) is 23.9 Å². The summed E-state index contributed by atoms with van der Waals surface area (Å²) < 4.78 is 35.6. The van der Waals surface area contributed by atoms with Gasteiger partial charge in [-0.15, -0.1) is 4.40 Å². The molecule has 1 aromatic heterocycles. The summed E-state index contributed by atoms with van der Waals surface area (Å²) in [6, 6.07) is 13.0. The number of nitrogens with zero attached hydrogens (tertiary/aromatic N) is 2. The van der Waals surface area contributed by atoms with Crippen LogP contribution in [0.3, 0.4) is 0 Å². The number of amidine groups is 1. The zero-order chi connectivity index (χ0) is 22.3. The molecule has 0 bridgehead atoms. The smallest absolute Gasteiger partial charge is 0.286 e. The van der Waals surface area contributed by atoms with Gasteiger partial charge in [0.05, 0.1) is 24.0 Å². The van der Waals surface area contributed by atoms with Crippen LogP contribution in [0.15, 0.2) is 86.6 Å². The highest BCUT2D eigenvalue weighted by atomic mass is 32.2. The van der Waals surface area contributed by atoms with E-state index in [1.807, 2.05) is 6.08 Å². The molecule has 0 amide bonds. The Labute approximate surface area is 183 Å². The Morgan fingerprint density at radius 2 is 1.94 bits per heavy atom.